The minimum atomic E-state index is 0. The van der Waals surface area contributed by atoms with Gasteiger partial charge in [0, 0.05) is 12.1 Å². The maximum atomic E-state index is 3.57. The van der Waals surface area contributed by atoms with E-state index < -0.39 is 0 Å². The minimum absolute atomic E-state index is 0. The van der Waals surface area contributed by atoms with E-state index in [1.807, 2.05) is 0 Å². The van der Waals surface area contributed by atoms with E-state index >= 15 is 0 Å². The predicted molar refractivity (Wildman–Crippen MR) is 56.6 cm³/mol. The molecule has 0 aromatic heterocycles. The first-order valence-corrected chi connectivity index (χ1v) is 4.31. The molecule has 0 bridgehead atoms. The number of hydrogen-bond donors (Lipinski definition) is 1. The molecule has 74 valence electrons. The van der Waals surface area contributed by atoms with Gasteiger partial charge in [-0.05, 0) is 39.4 Å². The number of nitrogens with zero attached hydrogens (tertiary/aromatic N) is 1. The Labute approximate surface area is 86.9 Å². The van der Waals surface area contributed by atoms with Crippen LogP contribution in [0.4, 0.5) is 0 Å². The van der Waals surface area contributed by atoms with Gasteiger partial charge in [0.1, 0.15) is 0 Å². The van der Waals surface area contributed by atoms with Crippen LogP contribution in [0.25, 0.3) is 0 Å². The van der Waals surface area contributed by atoms with Crippen LogP contribution >= 0.6 is 24.8 Å². The topological polar surface area (TPSA) is 15.3 Å². The Bertz CT molecular complexity index is 130. The van der Waals surface area contributed by atoms with Gasteiger partial charge in [-0.25, -0.2) is 0 Å². The minimum Gasteiger partial charge on any atom is -0.312 e. The third-order valence-electron chi connectivity index (χ3n) is 2.91. The maximum absolute atomic E-state index is 3.57. The van der Waals surface area contributed by atoms with Crippen LogP contribution in [0.3, 0.4) is 0 Å². The Morgan fingerprint density at radius 2 is 2.00 bits per heavy atom. The molecule has 0 aliphatic carbocycles. The molecule has 0 aromatic carbocycles. The fourth-order valence-corrected chi connectivity index (χ4v) is 2.27. The molecule has 2 heterocycles. The third kappa shape index (κ3) is 2.25. The molecular weight excluding hydrogens is 195 g/mol. The highest BCUT2D eigenvalue weighted by molar-refractivity contribution is 5.85. The molecule has 2 aliphatic rings. The van der Waals surface area contributed by atoms with E-state index in [0.29, 0.717) is 0 Å². The summed E-state index contributed by atoms with van der Waals surface area (Å²) in [5.74, 6) is 0. The van der Waals surface area contributed by atoms with Gasteiger partial charge in [-0.1, -0.05) is 0 Å². The van der Waals surface area contributed by atoms with Gasteiger partial charge in [0.15, 0.2) is 0 Å². The molecule has 0 saturated carbocycles. The summed E-state index contributed by atoms with van der Waals surface area (Å²) in [6.07, 6.45) is 4.14. The van der Waals surface area contributed by atoms with Gasteiger partial charge in [-0.2, -0.15) is 0 Å². The summed E-state index contributed by atoms with van der Waals surface area (Å²) in [4.78, 5) is 2.50. The smallest absolute Gasteiger partial charge is 0.0247 e. The second kappa shape index (κ2) is 5.28. The molecule has 0 amide bonds. The highest BCUT2D eigenvalue weighted by Crippen LogP contribution is 2.22. The molecule has 1 N–H and O–H groups in total. The lowest BCUT2D eigenvalue weighted by molar-refractivity contribution is 0.238. The SMILES string of the molecule is CN1CCC2NCCCC21.Cl.Cl. The summed E-state index contributed by atoms with van der Waals surface area (Å²) in [5, 5.41) is 3.57. The van der Waals surface area contributed by atoms with Crippen LogP contribution in [0, 0.1) is 0 Å². The molecule has 2 rings (SSSR count). The van der Waals surface area contributed by atoms with Crippen molar-refractivity contribution < 1.29 is 0 Å². The molecule has 0 aromatic rings. The molecule has 2 saturated heterocycles. The Hall–Kier alpha value is 0.500. The molecule has 2 fully saturated rings. The summed E-state index contributed by atoms with van der Waals surface area (Å²) in [7, 11) is 2.25. The van der Waals surface area contributed by atoms with Crippen molar-refractivity contribution in [2.75, 3.05) is 20.1 Å². The second-order valence-corrected chi connectivity index (χ2v) is 3.54. The molecule has 2 unspecified atom stereocenters. The Kier molecular flexibility index (Phi) is 5.50. The molecule has 0 radical (unpaired) electrons. The highest BCUT2D eigenvalue weighted by atomic mass is 35.5. The quantitative estimate of drug-likeness (QED) is 0.652. The van der Waals surface area contributed by atoms with Crippen molar-refractivity contribution in [3.63, 3.8) is 0 Å². The van der Waals surface area contributed by atoms with E-state index in [1.165, 1.54) is 32.4 Å². The van der Waals surface area contributed by atoms with Gasteiger partial charge in [-0.3, -0.25) is 0 Å². The predicted octanol–water partition coefficient (Wildman–Crippen LogP) is 1.29. The Balaban J connectivity index is 0.000000605. The lowest BCUT2D eigenvalue weighted by Crippen LogP contribution is -2.45. The molecule has 0 spiro atoms. The second-order valence-electron chi connectivity index (χ2n) is 3.54. The maximum Gasteiger partial charge on any atom is 0.0247 e. The summed E-state index contributed by atoms with van der Waals surface area (Å²) in [6, 6.07) is 1.67. The van der Waals surface area contributed by atoms with E-state index in [2.05, 4.69) is 17.3 Å². The first-order valence-electron chi connectivity index (χ1n) is 4.31. The van der Waals surface area contributed by atoms with E-state index in [0.717, 1.165) is 12.1 Å². The number of fused-ring (bicyclic) bond motifs is 1. The van der Waals surface area contributed by atoms with Crippen molar-refractivity contribution in [3.05, 3.63) is 0 Å². The van der Waals surface area contributed by atoms with Crippen LogP contribution in [0.2, 0.25) is 0 Å². The molecule has 2 atom stereocenters. The third-order valence-corrected chi connectivity index (χ3v) is 2.91. The summed E-state index contributed by atoms with van der Waals surface area (Å²) in [5.41, 5.74) is 0. The number of hydrogen-bond acceptors (Lipinski definition) is 2. The zero-order valence-corrected chi connectivity index (χ0v) is 9.09. The molecule has 2 aliphatic heterocycles. The largest absolute Gasteiger partial charge is 0.312 e. The van der Waals surface area contributed by atoms with Gasteiger partial charge in [-0.15, -0.1) is 24.8 Å². The highest BCUT2D eigenvalue weighted by Gasteiger charge is 2.32. The van der Waals surface area contributed by atoms with Crippen LogP contribution in [-0.2, 0) is 0 Å². The van der Waals surface area contributed by atoms with Crippen molar-refractivity contribution in [3.8, 4) is 0 Å². The van der Waals surface area contributed by atoms with Crippen LogP contribution in [0.15, 0.2) is 0 Å². The van der Waals surface area contributed by atoms with Crippen molar-refractivity contribution in [2.24, 2.45) is 0 Å². The van der Waals surface area contributed by atoms with Gasteiger partial charge in [0.2, 0.25) is 0 Å². The zero-order chi connectivity index (χ0) is 6.97. The standard InChI is InChI=1S/C8H16N2.2ClH/c1-10-6-4-7-8(10)3-2-5-9-7;;/h7-9H,2-6H2,1H3;2*1H. The normalized spacial score (nSPS) is 34.8. The van der Waals surface area contributed by atoms with Crippen LogP contribution in [0.5, 0.6) is 0 Å². The lowest BCUT2D eigenvalue weighted by Gasteiger charge is -2.30. The number of likely N-dealkylation sites (N-methyl/N-ethyl adjacent to an activating group) is 1. The van der Waals surface area contributed by atoms with Crippen LogP contribution in [0.1, 0.15) is 19.3 Å². The van der Waals surface area contributed by atoms with E-state index in [4.69, 9.17) is 0 Å². The van der Waals surface area contributed by atoms with Gasteiger partial charge in [0.05, 0.1) is 0 Å². The van der Waals surface area contributed by atoms with Crippen LogP contribution < -0.4 is 5.32 Å². The lowest BCUT2D eigenvalue weighted by atomic mass is 10.00. The van der Waals surface area contributed by atoms with Crippen molar-refractivity contribution in [1.29, 1.82) is 0 Å². The Morgan fingerprint density at radius 3 is 2.67 bits per heavy atom. The number of likely N-dealkylation sites (tertiary alicyclic amines) is 1. The first kappa shape index (κ1) is 12.5. The van der Waals surface area contributed by atoms with Gasteiger partial charge < -0.3 is 10.2 Å². The molecule has 12 heavy (non-hydrogen) atoms. The first-order chi connectivity index (χ1) is 4.88. The van der Waals surface area contributed by atoms with E-state index in [1.54, 1.807) is 0 Å². The molecule has 2 nitrogen and oxygen atoms in total. The summed E-state index contributed by atoms with van der Waals surface area (Å²) in [6.45, 7) is 2.54. The van der Waals surface area contributed by atoms with Gasteiger partial charge in [0.25, 0.3) is 0 Å². The van der Waals surface area contributed by atoms with Crippen LogP contribution in [-0.4, -0.2) is 37.1 Å². The van der Waals surface area contributed by atoms with Gasteiger partial charge >= 0.3 is 0 Å². The monoisotopic (exact) mass is 212 g/mol. The number of nitrogens with one attached hydrogen (secondary N) is 1. The zero-order valence-electron chi connectivity index (χ0n) is 7.45. The fraction of sp³-hybridized carbons (Fsp3) is 1.00. The van der Waals surface area contributed by atoms with Crippen molar-refractivity contribution >= 4 is 24.8 Å². The van der Waals surface area contributed by atoms with Crippen molar-refractivity contribution in [2.45, 2.75) is 31.3 Å². The summed E-state index contributed by atoms with van der Waals surface area (Å²) < 4.78 is 0. The van der Waals surface area contributed by atoms with E-state index in [9.17, 15) is 0 Å². The number of halogens is 2. The van der Waals surface area contributed by atoms with Crippen molar-refractivity contribution in [1.82, 2.24) is 10.2 Å². The Morgan fingerprint density at radius 1 is 1.25 bits per heavy atom. The number of piperidine rings is 1. The average Bonchev–Trinajstić information content (AvgIpc) is 2.34. The van der Waals surface area contributed by atoms with E-state index in [-0.39, 0.29) is 24.8 Å². The fourth-order valence-electron chi connectivity index (χ4n) is 2.27. The number of rotatable bonds is 0. The molecule has 4 heteroatoms. The summed E-state index contributed by atoms with van der Waals surface area (Å²) >= 11 is 0. The average molecular weight is 213 g/mol. The molecular formula is C8H18Cl2N2.